The van der Waals surface area contributed by atoms with Gasteiger partial charge in [0.05, 0.1) is 15.4 Å². The van der Waals surface area contributed by atoms with Crippen molar-refractivity contribution < 1.29 is 0 Å². The van der Waals surface area contributed by atoms with E-state index in [1.54, 1.807) is 18.2 Å². The zero-order valence-corrected chi connectivity index (χ0v) is 9.82. The molecule has 0 radical (unpaired) electrons. The average molecular weight is 309 g/mol. The molecule has 0 N–H and O–H groups in total. The van der Waals surface area contributed by atoms with Gasteiger partial charge in [0, 0.05) is 5.02 Å². The normalized spacial score (nSPS) is 9.92. The molecule has 0 saturated heterocycles. The molecule has 0 amide bonds. The van der Waals surface area contributed by atoms with Crippen molar-refractivity contribution in [3.05, 3.63) is 34.3 Å². The highest BCUT2D eigenvalue weighted by molar-refractivity contribution is 9.24. The molecule has 1 rings (SSSR count). The van der Waals surface area contributed by atoms with Gasteiger partial charge >= 0.3 is 0 Å². The molecule has 0 aromatic heterocycles. The van der Waals surface area contributed by atoms with Crippen LogP contribution in [0.15, 0.2) is 18.2 Å². The Morgan fingerprint density at radius 1 is 1.42 bits per heavy atom. The summed E-state index contributed by atoms with van der Waals surface area (Å²) in [6, 6.07) is 7.25. The van der Waals surface area contributed by atoms with Gasteiger partial charge < -0.3 is 0 Å². The first-order valence-corrected chi connectivity index (χ1v) is 5.34. The van der Waals surface area contributed by atoms with E-state index < -0.39 is 0 Å². The van der Waals surface area contributed by atoms with Crippen molar-refractivity contribution in [2.45, 2.75) is 3.74 Å². The Morgan fingerprint density at radius 3 is 2.58 bits per heavy atom. The van der Waals surface area contributed by atoms with E-state index in [-0.39, 0.29) is 3.74 Å². The zero-order chi connectivity index (χ0) is 9.14. The summed E-state index contributed by atoms with van der Waals surface area (Å²) in [6.07, 6.45) is 0. The Kier molecular flexibility index (Phi) is 3.57. The molecule has 0 aliphatic heterocycles. The lowest BCUT2D eigenvalue weighted by Gasteiger charge is -2.04. The zero-order valence-electron chi connectivity index (χ0n) is 5.89. The molecule has 0 fully saturated rings. The number of nitrogens with zero attached hydrogens (tertiary/aromatic N) is 1. The second kappa shape index (κ2) is 4.27. The van der Waals surface area contributed by atoms with Crippen molar-refractivity contribution in [1.29, 1.82) is 5.26 Å². The Labute approximate surface area is 92.6 Å². The fourth-order valence-electron chi connectivity index (χ4n) is 0.816. The number of benzene rings is 1. The van der Waals surface area contributed by atoms with Crippen LogP contribution >= 0.6 is 43.5 Å². The summed E-state index contributed by atoms with van der Waals surface area (Å²) < 4.78 is -0.0293. The van der Waals surface area contributed by atoms with Crippen molar-refractivity contribution in [3.8, 4) is 6.07 Å². The quantitative estimate of drug-likeness (QED) is 0.719. The third kappa shape index (κ3) is 2.22. The molecular formula is C8H4Br2ClN. The van der Waals surface area contributed by atoms with Gasteiger partial charge in [-0.1, -0.05) is 43.5 Å². The van der Waals surface area contributed by atoms with Crippen LogP contribution in [0, 0.1) is 11.3 Å². The number of hydrogen-bond acceptors (Lipinski definition) is 1. The van der Waals surface area contributed by atoms with Gasteiger partial charge in [-0.15, -0.1) is 0 Å². The SMILES string of the molecule is N#Cc1ccc(Cl)cc1C(Br)Br. The van der Waals surface area contributed by atoms with Crippen molar-refractivity contribution >= 4 is 43.5 Å². The number of halogens is 3. The van der Waals surface area contributed by atoms with Crippen LogP contribution in [0.3, 0.4) is 0 Å². The minimum absolute atomic E-state index is 0.0293. The van der Waals surface area contributed by atoms with Gasteiger partial charge in [0.15, 0.2) is 0 Å². The molecule has 4 heteroatoms. The summed E-state index contributed by atoms with van der Waals surface area (Å²) in [5.41, 5.74) is 1.48. The molecule has 1 aromatic carbocycles. The molecule has 0 saturated carbocycles. The molecule has 0 aliphatic carbocycles. The molecule has 0 heterocycles. The summed E-state index contributed by atoms with van der Waals surface area (Å²) in [6.45, 7) is 0. The van der Waals surface area contributed by atoms with E-state index in [1.165, 1.54) is 0 Å². The van der Waals surface area contributed by atoms with Gasteiger partial charge in [-0.3, -0.25) is 0 Å². The topological polar surface area (TPSA) is 23.8 Å². The first kappa shape index (κ1) is 10.0. The largest absolute Gasteiger partial charge is 0.192 e. The van der Waals surface area contributed by atoms with Crippen LogP contribution in [-0.4, -0.2) is 0 Å². The molecule has 1 aromatic rings. The van der Waals surface area contributed by atoms with Crippen LogP contribution < -0.4 is 0 Å². The van der Waals surface area contributed by atoms with Crippen LogP contribution in [0.1, 0.15) is 14.9 Å². The molecule has 12 heavy (non-hydrogen) atoms. The molecule has 0 aliphatic rings. The highest BCUT2D eigenvalue weighted by Gasteiger charge is 2.08. The van der Waals surface area contributed by atoms with E-state index in [2.05, 4.69) is 37.9 Å². The second-order valence-corrected chi connectivity index (χ2v) is 5.64. The van der Waals surface area contributed by atoms with Gasteiger partial charge in [-0.25, -0.2) is 0 Å². The van der Waals surface area contributed by atoms with E-state index in [0.717, 1.165) is 5.56 Å². The third-order valence-corrected chi connectivity index (χ3v) is 2.59. The third-order valence-electron chi connectivity index (χ3n) is 1.37. The predicted octanol–water partition coefficient (Wildman–Crippen LogP) is 4.00. The molecule has 0 spiro atoms. The summed E-state index contributed by atoms with van der Waals surface area (Å²) >= 11 is 12.4. The molecule has 1 nitrogen and oxygen atoms in total. The minimum Gasteiger partial charge on any atom is -0.192 e. The van der Waals surface area contributed by atoms with E-state index in [0.29, 0.717) is 10.6 Å². The summed E-state index contributed by atoms with van der Waals surface area (Å²) in [5.74, 6) is 0. The van der Waals surface area contributed by atoms with Crippen LogP contribution in [0.5, 0.6) is 0 Å². The lowest BCUT2D eigenvalue weighted by Crippen LogP contribution is -1.86. The number of nitriles is 1. The molecule has 0 bridgehead atoms. The Bertz CT molecular complexity index is 330. The average Bonchev–Trinajstić information content (AvgIpc) is 2.04. The van der Waals surface area contributed by atoms with Gasteiger partial charge in [0.2, 0.25) is 0 Å². The van der Waals surface area contributed by atoms with E-state index in [1.807, 2.05) is 0 Å². The highest BCUT2D eigenvalue weighted by atomic mass is 79.9. The Balaban J connectivity index is 3.24. The highest BCUT2D eigenvalue weighted by Crippen LogP contribution is 2.32. The summed E-state index contributed by atoms with van der Waals surface area (Å²) in [7, 11) is 0. The van der Waals surface area contributed by atoms with Crippen LogP contribution in [-0.2, 0) is 0 Å². The minimum atomic E-state index is -0.0293. The standard InChI is InChI=1S/C8H4Br2ClN/c9-8(10)7-3-6(11)2-1-5(7)4-12/h1-3,8H. The molecule has 0 unspecified atom stereocenters. The van der Waals surface area contributed by atoms with Crippen molar-refractivity contribution in [1.82, 2.24) is 0 Å². The number of alkyl halides is 2. The number of hydrogen-bond donors (Lipinski definition) is 0. The van der Waals surface area contributed by atoms with Crippen molar-refractivity contribution in [3.63, 3.8) is 0 Å². The van der Waals surface area contributed by atoms with Gasteiger partial charge in [-0.05, 0) is 23.8 Å². The van der Waals surface area contributed by atoms with Crippen molar-refractivity contribution in [2.75, 3.05) is 0 Å². The Hall–Kier alpha value is -0.0400. The van der Waals surface area contributed by atoms with Crippen molar-refractivity contribution in [2.24, 2.45) is 0 Å². The van der Waals surface area contributed by atoms with E-state index >= 15 is 0 Å². The molecular weight excluding hydrogens is 305 g/mol. The predicted molar refractivity (Wildman–Crippen MR) is 56.8 cm³/mol. The fraction of sp³-hybridized carbons (Fsp3) is 0.125. The van der Waals surface area contributed by atoms with E-state index in [4.69, 9.17) is 16.9 Å². The van der Waals surface area contributed by atoms with Crippen LogP contribution in [0.25, 0.3) is 0 Å². The lowest BCUT2D eigenvalue weighted by atomic mass is 10.1. The second-order valence-electron chi connectivity index (χ2n) is 2.14. The van der Waals surface area contributed by atoms with Crippen LogP contribution in [0.2, 0.25) is 5.02 Å². The smallest absolute Gasteiger partial charge is 0.0995 e. The molecule has 62 valence electrons. The Morgan fingerprint density at radius 2 is 2.08 bits per heavy atom. The van der Waals surface area contributed by atoms with Crippen LogP contribution in [0.4, 0.5) is 0 Å². The maximum absolute atomic E-state index is 8.72. The van der Waals surface area contributed by atoms with Gasteiger partial charge in [0.25, 0.3) is 0 Å². The first-order chi connectivity index (χ1) is 5.65. The molecule has 0 atom stereocenters. The van der Waals surface area contributed by atoms with Gasteiger partial charge in [0.1, 0.15) is 0 Å². The maximum Gasteiger partial charge on any atom is 0.0995 e. The fourth-order valence-corrected chi connectivity index (χ4v) is 1.75. The summed E-state index contributed by atoms with van der Waals surface area (Å²) in [5, 5.41) is 9.36. The van der Waals surface area contributed by atoms with E-state index in [9.17, 15) is 0 Å². The monoisotopic (exact) mass is 307 g/mol. The lowest BCUT2D eigenvalue weighted by molar-refractivity contribution is 1.36. The first-order valence-electron chi connectivity index (χ1n) is 3.13. The number of rotatable bonds is 1. The summed E-state index contributed by atoms with van der Waals surface area (Å²) in [4.78, 5) is 0. The maximum atomic E-state index is 8.72. The van der Waals surface area contributed by atoms with Gasteiger partial charge in [-0.2, -0.15) is 5.26 Å².